The van der Waals surface area contributed by atoms with Gasteiger partial charge in [0.05, 0.1) is 17.8 Å². The lowest BCUT2D eigenvalue weighted by Gasteiger charge is -2.15. The molecule has 1 rings (SSSR count). The summed E-state index contributed by atoms with van der Waals surface area (Å²) >= 11 is 2.89. The fourth-order valence-corrected chi connectivity index (χ4v) is 1.66. The molecule has 0 spiro atoms. The zero-order chi connectivity index (χ0) is 16.2. The zero-order valence-corrected chi connectivity index (χ0v) is 11.8. The van der Waals surface area contributed by atoms with Crippen LogP contribution in [-0.4, -0.2) is 34.9 Å². The highest BCUT2D eigenvalue weighted by Gasteiger charge is 2.34. The van der Waals surface area contributed by atoms with Crippen molar-refractivity contribution in [2.24, 2.45) is 0 Å². The number of carboxylic acid groups (broad SMARTS) is 1. The summed E-state index contributed by atoms with van der Waals surface area (Å²) < 4.78 is 38.5. The van der Waals surface area contributed by atoms with Crippen molar-refractivity contribution in [3.63, 3.8) is 0 Å². The van der Waals surface area contributed by atoms with Crippen molar-refractivity contribution in [3.8, 4) is 0 Å². The van der Waals surface area contributed by atoms with Crippen molar-refractivity contribution in [1.29, 1.82) is 0 Å². The summed E-state index contributed by atoms with van der Waals surface area (Å²) in [6.45, 7) is -0.640. The third kappa shape index (κ3) is 5.23. The number of carbonyl (C=O) groups excluding carboxylic acids is 1. The molecule has 0 heterocycles. The van der Waals surface area contributed by atoms with E-state index in [9.17, 15) is 22.8 Å². The molecule has 0 fully saturated rings. The molecule has 1 atom stereocenters. The average Bonchev–Trinajstić information content (AvgIpc) is 2.36. The van der Waals surface area contributed by atoms with Gasteiger partial charge in [-0.2, -0.15) is 13.2 Å². The molecular weight excluding hydrogens is 361 g/mol. The fraction of sp³-hybridized carbons (Fsp3) is 0.273. The maximum atomic E-state index is 12.8. The maximum absolute atomic E-state index is 12.8. The van der Waals surface area contributed by atoms with E-state index in [0.717, 1.165) is 12.1 Å². The summed E-state index contributed by atoms with van der Waals surface area (Å²) in [5, 5.41) is 21.2. The van der Waals surface area contributed by atoms with Crippen LogP contribution in [0.15, 0.2) is 22.7 Å². The van der Waals surface area contributed by atoms with Gasteiger partial charge < -0.3 is 20.8 Å². The van der Waals surface area contributed by atoms with Gasteiger partial charge in [-0.3, -0.25) is 0 Å². The molecule has 2 amide bonds. The highest BCUT2D eigenvalue weighted by molar-refractivity contribution is 9.10. The Bertz CT molecular complexity index is 551. The zero-order valence-electron chi connectivity index (χ0n) is 10.2. The number of amides is 2. The molecule has 0 aliphatic heterocycles. The minimum absolute atomic E-state index is 0.182. The summed E-state index contributed by atoms with van der Waals surface area (Å²) in [5.41, 5.74) is -1.56. The molecule has 0 bridgehead atoms. The van der Waals surface area contributed by atoms with Gasteiger partial charge in [-0.1, -0.05) is 15.9 Å². The van der Waals surface area contributed by atoms with Crippen LogP contribution in [0.4, 0.5) is 23.7 Å². The van der Waals surface area contributed by atoms with Crippen LogP contribution < -0.4 is 10.6 Å². The van der Waals surface area contributed by atoms with Crippen molar-refractivity contribution in [2.45, 2.75) is 12.3 Å². The first-order valence-electron chi connectivity index (χ1n) is 5.43. The molecule has 116 valence electrons. The Hall–Kier alpha value is -1.81. The number of aliphatic hydroxyl groups excluding tert-OH is 1. The van der Waals surface area contributed by atoms with E-state index in [4.69, 9.17) is 10.2 Å². The van der Waals surface area contributed by atoms with Crippen LogP contribution in [0.5, 0.6) is 0 Å². The Morgan fingerprint density at radius 1 is 1.33 bits per heavy atom. The Morgan fingerprint density at radius 2 is 1.95 bits per heavy atom. The number of urea groups is 1. The predicted molar refractivity (Wildman–Crippen MR) is 69.8 cm³/mol. The maximum Gasteiger partial charge on any atom is 0.418 e. The molecule has 4 N–H and O–H groups in total. The number of aliphatic carboxylic acids is 1. The third-order valence-corrected chi connectivity index (χ3v) is 2.77. The number of benzene rings is 1. The van der Waals surface area contributed by atoms with E-state index >= 15 is 0 Å². The quantitative estimate of drug-likeness (QED) is 0.651. The van der Waals surface area contributed by atoms with Crippen molar-refractivity contribution < 1.29 is 33.0 Å². The largest absolute Gasteiger partial charge is 0.479 e. The van der Waals surface area contributed by atoms with Crippen molar-refractivity contribution in [3.05, 3.63) is 28.2 Å². The van der Waals surface area contributed by atoms with Gasteiger partial charge in [-0.25, -0.2) is 9.59 Å². The molecular formula is C11H10BrF3N2O4. The lowest BCUT2D eigenvalue weighted by atomic mass is 10.1. The van der Waals surface area contributed by atoms with Crippen LogP contribution in [0, 0.1) is 0 Å². The molecule has 1 aromatic rings. The molecule has 0 aromatic heterocycles. The topological polar surface area (TPSA) is 98.7 Å². The minimum atomic E-state index is -4.67. The molecule has 0 aliphatic rings. The molecule has 1 aromatic carbocycles. The second-order valence-corrected chi connectivity index (χ2v) is 4.79. The minimum Gasteiger partial charge on any atom is -0.479 e. The summed E-state index contributed by atoms with van der Waals surface area (Å²) in [7, 11) is 0. The van der Waals surface area contributed by atoms with E-state index in [1.54, 1.807) is 0 Å². The van der Waals surface area contributed by atoms with E-state index in [1.165, 1.54) is 6.07 Å². The van der Waals surface area contributed by atoms with E-state index in [1.807, 2.05) is 10.6 Å². The molecule has 10 heteroatoms. The number of carbonyl (C=O) groups is 2. The van der Waals surface area contributed by atoms with Gasteiger partial charge in [-0.15, -0.1) is 0 Å². The van der Waals surface area contributed by atoms with Gasteiger partial charge in [-0.05, 0) is 18.2 Å². The first-order chi connectivity index (χ1) is 9.61. The first-order valence-corrected chi connectivity index (χ1v) is 6.23. The first kappa shape index (κ1) is 17.2. The van der Waals surface area contributed by atoms with Gasteiger partial charge in [0.15, 0.2) is 6.10 Å². The Balaban J connectivity index is 2.79. The second kappa shape index (κ2) is 6.76. The van der Waals surface area contributed by atoms with E-state index in [2.05, 4.69) is 15.9 Å². The normalized spacial score (nSPS) is 12.6. The van der Waals surface area contributed by atoms with Crippen LogP contribution in [0.1, 0.15) is 5.56 Å². The monoisotopic (exact) mass is 370 g/mol. The summed E-state index contributed by atoms with van der Waals surface area (Å²) in [6, 6.07) is 2.07. The number of halogens is 4. The highest BCUT2D eigenvalue weighted by atomic mass is 79.9. The number of aliphatic hydroxyl groups is 1. The third-order valence-electron chi connectivity index (χ3n) is 2.28. The molecule has 0 radical (unpaired) electrons. The average molecular weight is 371 g/mol. The summed E-state index contributed by atoms with van der Waals surface area (Å²) in [6.07, 6.45) is -6.52. The summed E-state index contributed by atoms with van der Waals surface area (Å²) in [4.78, 5) is 21.7. The molecule has 0 saturated carbocycles. The van der Waals surface area contributed by atoms with Gasteiger partial charge in [0.25, 0.3) is 0 Å². The van der Waals surface area contributed by atoms with Crippen LogP contribution in [0.25, 0.3) is 0 Å². The SMILES string of the molecule is O=C(NC[C@H](O)C(=O)O)Nc1ccc(Br)cc1C(F)(F)F. The lowest BCUT2D eigenvalue weighted by molar-refractivity contribution is -0.146. The lowest BCUT2D eigenvalue weighted by Crippen LogP contribution is -2.39. The van der Waals surface area contributed by atoms with Crippen molar-refractivity contribution in [2.75, 3.05) is 11.9 Å². The second-order valence-electron chi connectivity index (χ2n) is 3.88. The Labute approximate surface area is 125 Å². The fourth-order valence-electron chi connectivity index (χ4n) is 1.30. The van der Waals surface area contributed by atoms with Gasteiger partial charge in [0, 0.05) is 4.47 Å². The van der Waals surface area contributed by atoms with Crippen LogP contribution in [-0.2, 0) is 11.0 Å². The van der Waals surface area contributed by atoms with E-state index < -0.39 is 42.1 Å². The van der Waals surface area contributed by atoms with Crippen molar-refractivity contribution >= 4 is 33.6 Å². The number of anilines is 1. The Kier molecular flexibility index (Phi) is 5.55. The van der Waals surface area contributed by atoms with Crippen molar-refractivity contribution in [1.82, 2.24) is 5.32 Å². The van der Waals surface area contributed by atoms with Gasteiger partial charge in [0.2, 0.25) is 0 Å². The smallest absolute Gasteiger partial charge is 0.418 e. The molecule has 0 saturated heterocycles. The van der Waals surface area contributed by atoms with Gasteiger partial charge >= 0.3 is 18.2 Å². The predicted octanol–water partition coefficient (Wildman–Crippen LogP) is 2.03. The van der Waals surface area contributed by atoms with E-state index in [0.29, 0.717) is 0 Å². The standard InChI is InChI=1S/C11H10BrF3N2O4/c12-5-1-2-7(6(3-5)11(13,14)15)17-10(21)16-4-8(18)9(19)20/h1-3,8,18H,4H2,(H,19,20)(H2,16,17,21)/t8-/m0/s1. The van der Waals surface area contributed by atoms with Crippen LogP contribution in [0.2, 0.25) is 0 Å². The number of hydrogen-bond acceptors (Lipinski definition) is 3. The molecule has 0 unspecified atom stereocenters. The van der Waals surface area contributed by atoms with Crippen LogP contribution in [0.3, 0.4) is 0 Å². The number of carboxylic acids is 1. The van der Waals surface area contributed by atoms with Gasteiger partial charge in [0.1, 0.15) is 0 Å². The number of nitrogens with one attached hydrogen (secondary N) is 2. The Morgan fingerprint density at radius 3 is 2.48 bits per heavy atom. The number of alkyl halides is 3. The van der Waals surface area contributed by atoms with Crippen LogP contribution >= 0.6 is 15.9 Å². The number of hydrogen-bond donors (Lipinski definition) is 4. The molecule has 6 nitrogen and oxygen atoms in total. The molecule has 0 aliphatic carbocycles. The van der Waals surface area contributed by atoms with E-state index in [-0.39, 0.29) is 4.47 Å². The highest BCUT2D eigenvalue weighted by Crippen LogP contribution is 2.36. The number of rotatable bonds is 4. The summed E-state index contributed by atoms with van der Waals surface area (Å²) in [5.74, 6) is -1.56. The molecule has 21 heavy (non-hydrogen) atoms.